The number of hydrogen-bond donors (Lipinski definition) is 8. The summed E-state index contributed by atoms with van der Waals surface area (Å²) in [7, 11) is 3.98. The number of anilines is 5. The number of hydrogen-bond acceptors (Lipinski definition) is 30. The molecule has 1 fully saturated rings. The van der Waals surface area contributed by atoms with E-state index in [0.717, 1.165) is 165 Å². The first kappa shape index (κ1) is 103. The highest BCUT2D eigenvalue weighted by Crippen LogP contribution is 2.45. The largest absolute Gasteiger partial charge is 0.396 e. The molecule has 35 heteroatoms. The fourth-order valence-corrected chi connectivity index (χ4v) is 25.1. The average molecular weight is 2050 g/mol. The normalized spacial score (nSPS) is 15.3. The van der Waals surface area contributed by atoms with Crippen LogP contribution in [-0.2, 0) is 88.8 Å². The van der Waals surface area contributed by atoms with Gasteiger partial charge in [0.25, 0.3) is 5.91 Å². The molecule has 0 radical (unpaired) electrons. The Balaban J connectivity index is 0.000000125. The molecule has 15 aromatic rings. The van der Waals surface area contributed by atoms with Gasteiger partial charge in [0, 0.05) is 107 Å². The number of benzene rings is 5. The molecule has 6 aliphatic heterocycles. The third-order valence-corrected chi connectivity index (χ3v) is 32.3. The van der Waals surface area contributed by atoms with Crippen LogP contribution in [0.5, 0.6) is 0 Å². The summed E-state index contributed by atoms with van der Waals surface area (Å²) in [4.78, 5) is 131. The Kier molecular flexibility index (Phi) is 34.9. The van der Waals surface area contributed by atoms with Crippen molar-refractivity contribution in [3.63, 3.8) is 0 Å². The number of nitrogens with one attached hydrogen (secondary N) is 5. The Morgan fingerprint density at radius 3 is 1.05 bits per heavy atom. The van der Waals surface area contributed by atoms with E-state index in [4.69, 9.17) is 0 Å². The number of rotatable bonds is 27. The topological polar surface area (TPSA) is 358 Å². The van der Waals surface area contributed by atoms with Crippen LogP contribution in [0.2, 0.25) is 0 Å². The van der Waals surface area contributed by atoms with E-state index in [-0.39, 0.29) is 79.6 Å². The Morgan fingerprint density at radius 1 is 0.411 bits per heavy atom. The molecular weight excluding hydrogens is 1930 g/mol. The van der Waals surface area contributed by atoms with E-state index in [1.807, 2.05) is 178 Å². The van der Waals surface area contributed by atoms with Crippen LogP contribution >= 0.6 is 56.7 Å². The van der Waals surface area contributed by atoms with E-state index in [9.17, 15) is 39.3 Å². The first-order valence-corrected chi connectivity index (χ1v) is 53.3. The summed E-state index contributed by atoms with van der Waals surface area (Å²) in [5.41, 5.74) is 12.3. The maximum Gasteiger partial charge on any atom is 0.298 e. The molecule has 16 heterocycles. The van der Waals surface area contributed by atoms with Crippen molar-refractivity contribution in [1.29, 1.82) is 0 Å². The molecule has 5 aromatic carbocycles. The summed E-state index contributed by atoms with van der Waals surface area (Å²) >= 11 is 8.16. The number of carbonyl (C=O) groups excluding carboxylic acids is 5. The molecule has 0 bridgehead atoms. The van der Waals surface area contributed by atoms with Gasteiger partial charge in [-0.1, -0.05) is 183 Å². The summed E-state index contributed by atoms with van der Waals surface area (Å²) in [6, 6.07) is 50.2. The van der Waals surface area contributed by atoms with Gasteiger partial charge in [-0.15, -0.1) is 56.7 Å². The van der Waals surface area contributed by atoms with Crippen molar-refractivity contribution in [2.45, 2.75) is 142 Å². The molecule has 1 saturated heterocycles. The second-order valence-electron chi connectivity index (χ2n) is 36.7. The van der Waals surface area contributed by atoms with Gasteiger partial charge >= 0.3 is 0 Å². The lowest BCUT2D eigenvalue weighted by Crippen LogP contribution is -2.35. The van der Waals surface area contributed by atoms with Gasteiger partial charge in [0.15, 0.2) is 0 Å². The molecular formula is C111H120N22O8S5. The van der Waals surface area contributed by atoms with Crippen molar-refractivity contribution in [3.05, 3.63) is 312 Å². The van der Waals surface area contributed by atoms with E-state index in [1.165, 1.54) is 72.5 Å². The number of fused-ring (bicyclic) bond motifs is 15. The predicted molar refractivity (Wildman–Crippen MR) is 585 cm³/mol. The molecule has 146 heavy (non-hydrogen) atoms. The minimum Gasteiger partial charge on any atom is -0.396 e. The van der Waals surface area contributed by atoms with Crippen molar-refractivity contribution in [3.8, 4) is 11.8 Å². The van der Waals surface area contributed by atoms with Crippen LogP contribution in [0.25, 0.3) is 51.1 Å². The van der Waals surface area contributed by atoms with E-state index in [0.29, 0.717) is 77.4 Å². The molecule has 0 spiro atoms. The van der Waals surface area contributed by atoms with Crippen molar-refractivity contribution in [2.75, 3.05) is 119 Å². The van der Waals surface area contributed by atoms with Gasteiger partial charge in [0.2, 0.25) is 23.6 Å². The fraction of sp³-hybridized carbons (Fsp3) is 0.324. The number of nitrogens with zero attached hydrogens (tertiary/aromatic N) is 17. The quantitative estimate of drug-likeness (QED) is 0.0175. The second-order valence-corrected chi connectivity index (χ2v) is 42.1. The van der Waals surface area contributed by atoms with Crippen LogP contribution in [0.4, 0.5) is 29.1 Å². The number of likely N-dealkylation sites (N-methyl/N-ethyl adjacent to an activating group) is 1. The van der Waals surface area contributed by atoms with Crippen molar-refractivity contribution in [1.82, 2.24) is 84.1 Å². The third kappa shape index (κ3) is 24.7. The number of aromatic nitrogens is 10. The Bertz CT molecular complexity index is 7270. The zero-order chi connectivity index (χ0) is 102. The van der Waals surface area contributed by atoms with E-state index in [2.05, 4.69) is 144 Å². The molecule has 8 N–H and O–H groups in total. The van der Waals surface area contributed by atoms with Crippen LogP contribution in [-0.4, -0.2) is 222 Å². The van der Waals surface area contributed by atoms with Crippen molar-refractivity contribution >= 4 is 166 Å². The van der Waals surface area contributed by atoms with Crippen LogP contribution < -0.4 is 26.6 Å². The van der Waals surface area contributed by atoms with Gasteiger partial charge in [-0.25, -0.2) is 49.8 Å². The predicted octanol–water partition coefficient (Wildman–Crippen LogP) is 17.6. The molecule has 30 nitrogen and oxygen atoms in total. The van der Waals surface area contributed by atoms with Crippen molar-refractivity contribution in [2.24, 2.45) is 0 Å². The van der Waals surface area contributed by atoms with E-state index >= 15 is 0 Å². The van der Waals surface area contributed by atoms with Crippen molar-refractivity contribution < 1.29 is 39.3 Å². The third-order valence-electron chi connectivity index (χ3n) is 26.6. The zero-order valence-corrected chi connectivity index (χ0v) is 86.8. The maximum atomic E-state index is 12.8. The molecule has 752 valence electrons. The highest BCUT2D eigenvalue weighted by Gasteiger charge is 2.34. The van der Waals surface area contributed by atoms with Crippen LogP contribution in [0, 0.1) is 11.8 Å². The minimum atomic E-state index is -0.250. The van der Waals surface area contributed by atoms with Crippen LogP contribution in [0.15, 0.2) is 232 Å². The highest BCUT2D eigenvalue weighted by molar-refractivity contribution is 7.20. The van der Waals surface area contributed by atoms with E-state index < -0.39 is 0 Å². The van der Waals surface area contributed by atoms with Gasteiger partial charge in [-0.2, -0.15) is 0 Å². The maximum absolute atomic E-state index is 12.8. The SMILES string of the molecule is C=C(C)C(=O)N1CCc2c(sc3ncnc(N[C@H](CO)c4ccccc4)c23)C1.C=CC(=O)N1CCc2c(sc3ncnc(N[C@H](CCO)c4ccccc4)c23)C1.CC#CC(=O)N1CCc2c(sc3ncnc(N[C@H](C)c4ccccc4)c23)C1.C[C@@H](Nc1ncnc2sc3c(c12)CCN(C(=O)/C=C/CN(C)C)C3)c1ccccc1.O=C(/C=C/CN1CCCC1)N1CCc2c(sc3ncnc(N[C@H](CO)c4ccccc4)c23)C1. The Labute approximate surface area is 869 Å². The monoisotopic (exact) mass is 2050 g/mol. The number of aliphatic hydroxyl groups is 3. The highest BCUT2D eigenvalue weighted by atomic mass is 32.1. The smallest absolute Gasteiger partial charge is 0.298 e. The second kappa shape index (κ2) is 49.2. The summed E-state index contributed by atoms with van der Waals surface area (Å²) in [5.74, 6) is 9.31. The summed E-state index contributed by atoms with van der Waals surface area (Å²) in [6.45, 7) is 25.3. The zero-order valence-electron chi connectivity index (χ0n) is 82.7. The first-order chi connectivity index (χ1) is 71.2. The molecule has 6 aliphatic rings. The molecule has 5 amide bonds. The molecule has 10 aromatic heterocycles. The summed E-state index contributed by atoms with van der Waals surface area (Å²) in [6.07, 6.45) is 23.6. The molecule has 21 rings (SSSR count). The number of likely N-dealkylation sites (tertiary alicyclic amines) is 1. The number of thiophene rings is 5. The van der Waals surface area contributed by atoms with Gasteiger partial charge < -0.3 is 71.3 Å². The fourth-order valence-electron chi connectivity index (χ4n) is 19.1. The van der Waals surface area contributed by atoms with Gasteiger partial charge in [-0.3, -0.25) is 28.9 Å². The van der Waals surface area contributed by atoms with E-state index in [1.54, 1.807) is 119 Å². The number of amides is 5. The number of aliphatic hydroxyl groups excluding tert-OH is 3. The van der Waals surface area contributed by atoms with Crippen LogP contribution in [0.1, 0.15) is 157 Å². The molecule has 5 atom stereocenters. The summed E-state index contributed by atoms with van der Waals surface area (Å²) in [5, 5.41) is 52.1. The molecule has 0 unspecified atom stereocenters. The van der Waals surface area contributed by atoms with Gasteiger partial charge in [-0.05, 0) is 174 Å². The summed E-state index contributed by atoms with van der Waals surface area (Å²) < 4.78 is 0. The number of carbonyl (C=O) groups is 5. The minimum absolute atomic E-state index is 0.00281. The lowest BCUT2D eigenvalue weighted by molar-refractivity contribution is -0.128. The lowest BCUT2D eigenvalue weighted by atomic mass is 10.0. The Hall–Kier alpha value is -14.0. The Morgan fingerprint density at radius 2 is 0.719 bits per heavy atom. The molecule has 0 aliphatic carbocycles. The standard InChI is InChI=1S/C25H29N5O2S.C23H27N5OS.2C21H22N4O2S.C21H20N4OS/c31-16-20(18-7-2-1-3-8-18)28-24-23-19-10-14-30(15-21(19)33-25(23)27-17-26-24)22(32)9-6-13-29-11-4-5-12-29;1-16(17-8-5-4-6-9-17)26-22-21-18-11-13-28(20(29)10-7-12-27(2)3)14-19(18)30-23(21)25-15-24-22;1-13(2)21(27)25-9-8-15-17(10-25)28-20-18(15)19(22-12-23-20)24-16(11-26)14-6-4-3-5-7-14;1-2-18(27)25-10-8-15-17(12-25)28-21-19(15)20(22-13-23-21)24-16(9-11-26)14-6-4-3-5-7-14;1-3-7-18(26)25-11-10-16-17(12-25)27-21-19(16)20(22-13-23-21)24-14(2)15-8-5-4-6-9-15/h1-3,6-9,17,20,31H,4-5,10-16H2,(H,26,27,28);4-10,15-16H,11-14H2,1-3H3,(H,24,25,26);3-7,12,16,26H,1,8-11H2,2H3,(H,22,23,24);2-7,13,16,26H,1,8-12H2,(H,22,23,24);4-6,8-9,13-14H,10-12H2,1-2H3,(H,22,23,24)/b9-6+;10-7+;;;/t20-;3*16-;14-/m11111/s1. The van der Waals surface area contributed by atoms with Gasteiger partial charge in [0.1, 0.15) is 84.9 Å². The first-order valence-electron chi connectivity index (χ1n) is 49.2. The van der Waals surface area contributed by atoms with Crippen LogP contribution in [0.3, 0.4) is 0 Å². The molecule has 0 saturated carbocycles. The van der Waals surface area contributed by atoms with Gasteiger partial charge in [0.05, 0.1) is 91.0 Å². The average Bonchev–Trinajstić information content (AvgIpc) is 1.64. The lowest BCUT2D eigenvalue weighted by Gasteiger charge is -2.27.